The molecule has 1 aromatic heterocycles. The molecule has 0 atom stereocenters. The minimum Gasteiger partial charge on any atom is -0.483 e. The van der Waals surface area contributed by atoms with Gasteiger partial charge in [0.1, 0.15) is 12.1 Å². The average molecular weight is 329 g/mol. The van der Waals surface area contributed by atoms with Crippen LogP contribution in [0.25, 0.3) is 0 Å². The summed E-state index contributed by atoms with van der Waals surface area (Å²) in [5.41, 5.74) is 0.398. The molecule has 0 fully saturated rings. The molecule has 0 amide bonds. The molecule has 0 saturated heterocycles. The molecule has 0 aliphatic carbocycles. The number of pyridine rings is 1. The fraction of sp³-hybridized carbons (Fsp3) is 0.368. The Kier molecular flexibility index (Phi) is 5.44. The zero-order valence-electron chi connectivity index (χ0n) is 14.3. The fourth-order valence-electron chi connectivity index (χ4n) is 2.84. The Hall–Kier alpha value is -2.56. The third-order valence-electron chi connectivity index (χ3n) is 4.59. The molecule has 128 valence electrons. The van der Waals surface area contributed by atoms with E-state index in [1.807, 2.05) is 31.2 Å². The van der Waals surface area contributed by atoms with E-state index < -0.39 is 17.1 Å². The molecule has 0 saturated carbocycles. The number of aryl methyl sites for hydroxylation is 1. The van der Waals surface area contributed by atoms with Gasteiger partial charge in [0.05, 0.1) is 0 Å². The highest BCUT2D eigenvalue weighted by Gasteiger charge is 2.38. The van der Waals surface area contributed by atoms with Crippen LogP contribution in [0, 0.1) is 6.92 Å². The second-order valence-corrected chi connectivity index (χ2v) is 5.81. The van der Waals surface area contributed by atoms with Crippen molar-refractivity contribution < 1.29 is 14.6 Å². The second kappa shape index (κ2) is 7.34. The summed E-state index contributed by atoms with van der Waals surface area (Å²) in [6.45, 7) is 5.78. The number of aliphatic carboxylic acids is 1. The van der Waals surface area contributed by atoms with Crippen molar-refractivity contribution >= 4 is 5.97 Å². The molecule has 1 aromatic carbocycles. The average Bonchev–Trinajstić information content (AvgIpc) is 2.57. The molecule has 0 spiro atoms. The maximum Gasteiger partial charge on any atom is 0.329 e. The summed E-state index contributed by atoms with van der Waals surface area (Å²) in [7, 11) is 0. The van der Waals surface area contributed by atoms with Crippen LogP contribution in [0.5, 0.6) is 5.75 Å². The monoisotopic (exact) mass is 329 g/mol. The molecule has 0 unspecified atom stereocenters. The van der Waals surface area contributed by atoms with Crippen molar-refractivity contribution in [2.45, 2.75) is 45.8 Å². The van der Waals surface area contributed by atoms with Gasteiger partial charge in [0.2, 0.25) is 0 Å². The van der Waals surface area contributed by atoms with Gasteiger partial charge in [-0.05, 0) is 43.0 Å². The van der Waals surface area contributed by atoms with E-state index in [0.29, 0.717) is 12.8 Å². The van der Waals surface area contributed by atoms with Crippen LogP contribution in [0.4, 0.5) is 0 Å². The summed E-state index contributed by atoms with van der Waals surface area (Å²) in [6, 6.07) is 11.0. The lowest BCUT2D eigenvalue weighted by Crippen LogP contribution is -2.46. The Balaban J connectivity index is 2.36. The number of ether oxygens (including phenoxy) is 1. The van der Waals surface area contributed by atoms with Crippen molar-refractivity contribution in [1.82, 2.24) is 4.57 Å². The number of hydrogen-bond acceptors (Lipinski definition) is 3. The van der Waals surface area contributed by atoms with E-state index in [-0.39, 0.29) is 12.4 Å². The molecule has 5 nitrogen and oxygen atoms in total. The second-order valence-electron chi connectivity index (χ2n) is 5.81. The van der Waals surface area contributed by atoms with Crippen molar-refractivity contribution in [3.05, 3.63) is 64.1 Å². The number of hydrogen-bond donors (Lipinski definition) is 1. The number of carboxylic acid groups (broad SMARTS) is 1. The molecule has 2 rings (SSSR count). The van der Waals surface area contributed by atoms with Crippen LogP contribution >= 0.6 is 0 Å². The predicted molar refractivity (Wildman–Crippen MR) is 92.4 cm³/mol. The standard InChI is InChI=1S/C19H23NO4/c1-4-19(5-2,18(22)23)20-12-8-11-16(17(20)21)24-13-15-10-7-6-9-14(15)3/h6-12H,4-5,13H2,1-3H3,(H,22,23). The summed E-state index contributed by atoms with van der Waals surface area (Å²) in [6.07, 6.45) is 2.16. The van der Waals surface area contributed by atoms with E-state index in [9.17, 15) is 14.7 Å². The lowest BCUT2D eigenvalue weighted by Gasteiger charge is -2.29. The first-order valence-corrected chi connectivity index (χ1v) is 8.09. The van der Waals surface area contributed by atoms with Gasteiger partial charge in [-0.1, -0.05) is 38.1 Å². The summed E-state index contributed by atoms with van der Waals surface area (Å²) in [5.74, 6) is -0.848. The van der Waals surface area contributed by atoms with Gasteiger partial charge < -0.3 is 9.84 Å². The predicted octanol–water partition coefficient (Wildman–Crippen LogP) is 3.34. The van der Waals surface area contributed by atoms with E-state index in [2.05, 4.69) is 0 Å². The third kappa shape index (κ3) is 3.20. The number of carboxylic acids is 1. The summed E-state index contributed by atoms with van der Waals surface area (Å²) >= 11 is 0. The molecule has 1 heterocycles. The molecular weight excluding hydrogens is 306 g/mol. The van der Waals surface area contributed by atoms with E-state index >= 15 is 0 Å². The van der Waals surface area contributed by atoms with Crippen molar-refractivity contribution in [1.29, 1.82) is 0 Å². The zero-order valence-corrected chi connectivity index (χ0v) is 14.3. The molecule has 0 aliphatic heterocycles. The Bertz CT molecular complexity index is 775. The molecule has 0 aliphatic rings. The first-order chi connectivity index (χ1) is 11.5. The minimum atomic E-state index is -1.25. The van der Waals surface area contributed by atoms with Crippen molar-refractivity contribution in [2.75, 3.05) is 0 Å². The van der Waals surface area contributed by atoms with Gasteiger partial charge in [-0.25, -0.2) is 4.79 Å². The number of aromatic nitrogens is 1. The van der Waals surface area contributed by atoms with E-state index in [1.54, 1.807) is 26.0 Å². The molecule has 2 aromatic rings. The maximum absolute atomic E-state index is 12.7. The fourth-order valence-corrected chi connectivity index (χ4v) is 2.84. The van der Waals surface area contributed by atoms with Crippen molar-refractivity contribution in [2.24, 2.45) is 0 Å². The van der Waals surface area contributed by atoms with Gasteiger partial charge in [-0.3, -0.25) is 9.36 Å². The lowest BCUT2D eigenvalue weighted by molar-refractivity contribution is -0.148. The van der Waals surface area contributed by atoms with Crippen molar-refractivity contribution in [3.63, 3.8) is 0 Å². The Morgan fingerprint density at radius 3 is 2.42 bits per heavy atom. The third-order valence-corrected chi connectivity index (χ3v) is 4.59. The van der Waals surface area contributed by atoms with Crippen LogP contribution in [-0.4, -0.2) is 15.6 Å². The van der Waals surface area contributed by atoms with Gasteiger partial charge in [-0.15, -0.1) is 0 Å². The highest BCUT2D eigenvalue weighted by molar-refractivity contribution is 5.76. The Morgan fingerprint density at radius 2 is 1.83 bits per heavy atom. The molecule has 0 bridgehead atoms. The number of rotatable bonds is 7. The maximum atomic E-state index is 12.7. The van der Waals surface area contributed by atoms with Gasteiger partial charge >= 0.3 is 5.97 Å². The SMILES string of the molecule is CCC(CC)(C(=O)O)n1cccc(OCc2ccccc2C)c1=O. The number of carbonyl (C=O) groups is 1. The highest BCUT2D eigenvalue weighted by atomic mass is 16.5. The molecule has 0 radical (unpaired) electrons. The van der Waals surface area contributed by atoms with Gasteiger partial charge in [-0.2, -0.15) is 0 Å². The van der Waals surface area contributed by atoms with Crippen LogP contribution in [-0.2, 0) is 16.9 Å². The largest absolute Gasteiger partial charge is 0.483 e. The molecule has 24 heavy (non-hydrogen) atoms. The van der Waals surface area contributed by atoms with E-state index in [0.717, 1.165) is 11.1 Å². The smallest absolute Gasteiger partial charge is 0.329 e. The molecule has 5 heteroatoms. The van der Waals surface area contributed by atoms with Gasteiger partial charge in [0, 0.05) is 6.20 Å². The normalized spacial score (nSPS) is 11.3. The quantitative estimate of drug-likeness (QED) is 0.846. The highest BCUT2D eigenvalue weighted by Crippen LogP contribution is 2.25. The van der Waals surface area contributed by atoms with Crippen LogP contribution in [0.2, 0.25) is 0 Å². The first-order valence-electron chi connectivity index (χ1n) is 8.09. The van der Waals surface area contributed by atoms with E-state index in [1.165, 1.54) is 10.8 Å². The summed E-state index contributed by atoms with van der Waals surface area (Å²) in [4.78, 5) is 24.5. The van der Waals surface area contributed by atoms with Crippen LogP contribution < -0.4 is 10.3 Å². The lowest BCUT2D eigenvalue weighted by atomic mass is 9.92. The Morgan fingerprint density at radius 1 is 1.17 bits per heavy atom. The summed E-state index contributed by atoms with van der Waals surface area (Å²) < 4.78 is 6.96. The number of nitrogens with zero attached hydrogens (tertiary/aromatic N) is 1. The van der Waals surface area contributed by atoms with E-state index in [4.69, 9.17) is 4.74 Å². The number of benzene rings is 1. The van der Waals surface area contributed by atoms with Gasteiger partial charge in [0.15, 0.2) is 5.75 Å². The minimum absolute atomic E-state index is 0.160. The van der Waals surface area contributed by atoms with Crippen LogP contribution in [0.15, 0.2) is 47.4 Å². The Labute approximate surface area is 141 Å². The molecule has 1 N–H and O–H groups in total. The van der Waals surface area contributed by atoms with Crippen molar-refractivity contribution in [3.8, 4) is 5.75 Å². The summed E-state index contributed by atoms with van der Waals surface area (Å²) in [5, 5.41) is 9.64. The topological polar surface area (TPSA) is 68.5 Å². The molecular formula is C19H23NO4. The van der Waals surface area contributed by atoms with Gasteiger partial charge in [0.25, 0.3) is 5.56 Å². The first kappa shape index (κ1) is 17.8. The zero-order chi connectivity index (χ0) is 17.7. The van der Waals surface area contributed by atoms with Crippen LogP contribution in [0.1, 0.15) is 37.8 Å². The van der Waals surface area contributed by atoms with Crippen LogP contribution in [0.3, 0.4) is 0 Å².